The summed E-state index contributed by atoms with van der Waals surface area (Å²) in [7, 11) is 0. The highest BCUT2D eigenvalue weighted by atomic mass is 16.5. The van der Waals surface area contributed by atoms with Crippen LogP contribution in [-0.2, 0) is 4.74 Å². The Morgan fingerprint density at radius 3 is 1.36 bits per heavy atom. The Morgan fingerprint density at radius 2 is 1.36 bits per heavy atom. The molecule has 0 fully saturated rings. The van der Waals surface area contributed by atoms with Crippen molar-refractivity contribution >= 4 is 0 Å². The average molecular weight is 208 g/mol. The van der Waals surface area contributed by atoms with Gasteiger partial charge in [-0.3, -0.25) is 0 Å². The number of aliphatic hydroxyl groups excluding tert-OH is 3. The first kappa shape index (κ1) is 19.2. The van der Waals surface area contributed by atoms with Gasteiger partial charge < -0.3 is 20.1 Å². The molecule has 0 amide bonds. The Kier molecular flexibility index (Phi) is 31.4. The summed E-state index contributed by atoms with van der Waals surface area (Å²) in [6.07, 6.45) is 0. The van der Waals surface area contributed by atoms with E-state index in [-0.39, 0.29) is 19.8 Å². The quantitative estimate of drug-likeness (QED) is 0.591. The van der Waals surface area contributed by atoms with E-state index in [1.807, 2.05) is 13.8 Å². The van der Waals surface area contributed by atoms with E-state index in [2.05, 4.69) is 6.58 Å². The van der Waals surface area contributed by atoms with E-state index >= 15 is 0 Å². The fourth-order valence-electron chi connectivity index (χ4n) is 0.204. The molecule has 0 heterocycles. The molecule has 0 unspecified atom stereocenters. The molecule has 0 spiro atoms. The summed E-state index contributed by atoms with van der Waals surface area (Å²) in [5, 5.41) is 23.3. The summed E-state index contributed by atoms with van der Waals surface area (Å²) in [6.45, 7) is 10.7. The van der Waals surface area contributed by atoms with Crippen LogP contribution in [0.5, 0.6) is 0 Å². The lowest BCUT2D eigenvalue weighted by atomic mass is 10.4. The maximum absolute atomic E-state index is 8.04. The molecule has 0 aliphatic rings. The topological polar surface area (TPSA) is 69.9 Å². The zero-order chi connectivity index (χ0) is 11.8. The van der Waals surface area contributed by atoms with Crippen molar-refractivity contribution in [2.45, 2.75) is 20.8 Å². The molecular formula is C10H24O4. The molecule has 0 rings (SSSR count). The van der Waals surface area contributed by atoms with Crippen LogP contribution in [0.1, 0.15) is 20.8 Å². The maximum Gasteiger partial charge on any atom is 0.0662 e. The average Bonchev–Trinajstić information content (AvgIpc) is 2.20. The van der Waals surface area contributed by atoms with Gasteiger partial charge in [-0.05, 0) is 20.8 Å². The van der Waals surface area contributed by atoms with Crippen molar-refractivity contribution in [3.8, 4) is 0 Å². The summed E-state index contributed by atoms with van der Waals surface area (Å²) in [5.41, 5.74) is 0.810. The monoisotopic (exact) mass is 208 g/mol. The van der Waals surface area contributed by atoms with Crippen molar-refractivity contribution in [3.05, 3.63) is 12.2 Å². The molecule has 4 nitrogen and oxygen atoms in total. The first-order valence-electron chi connectivity index (χ1n) is 4.65. The predicted octanol–water partition coefficient (Wildman–Crippen LogP) is 0.569. The van der Waals surface area contributed by atoms with Crippen LogP contribution in [-0.4, -0.2) is 48.4 Å². The molecule has 14 heavy (non-hydrogen) atoms. The number of rotatable bonds is 4. The number of ether oxygens (including phenoxy) is 1. The Labute approximate surface area is 86.8 Å². The van der Waals surface area contributed by atoms with Gasteiger partial charge in [0.15, 0.2) is 0 Å². The standard InChI is InChI=1S/C4H8O.C4H10O.C2H6O2/c1-4(2)3-5;1-3-5-4-2;3-1-2-4/h5H,1,3H2,2H3;3-4H2,1-2H3;3-4H,1-2H2. The molecule has 0 aliphatic carbocycles. The molecule has 0 bridgehead atoms. The molecule has 0 aromatic rings. The summed E-state index contributed by atoms with van der Waals surface area (Å²) >= 11 is 0. The third kappa shape index (κ3) is 61.8. The van der Waals surface area contributed by atoms with Gasteiger partial charge in [0, 0.05) is 13.2 Å². The third-order valence-electron chi connectivity index (χ3n) is 0.778. The van der Waals surface area contributed by atoms with E-state index in [0.717, 1.165) is 18.8 Å². The Balaban J connectivity index is -0.000000131. The lowest BCUT2D eigenvalue weighted by Gasteiger charge is -1.86. The van der Waals surface area contributed by atoms with Gasteiger partial charge in [0.05, 0.1) is 19.8 Å². The second-order valence-corrected chi connectivity index (χ2v) is 2.34. The van der Waals surface area contributed by atoms with E-state index in [1.165, 1.54) is 0 Å². The number of aliphatic hydroxyl groups is 3. The van der Waals surface area contributed by atoms with Gasteiger partial charge in [0.1, 0.15) is 0 Å². The van der Waals surface area contributed by atoms with Crippen molar-refractivity contribution in [3.63, 3.8) is 0 Å². The first-order valence-corrected chi connectivity index (χ1v) is 4.65. The third-order valence-corrected chi connectivity index (χ3v) is 0.778. The Hall–Kier alpha value is -0.420. The van der Waals surface area contributed by atoms with Gasteiger partial charge in [-0.1, -0.05) is 12.2 Å². The largest absolute Gasteiger partial charge is 0.394 e. The molecule has 88 valence electrons. The van der Waals surface area contributed by atoms with Crippen LogP contribution in [0.3, 0.4) is 0 Å². The second kappa shape index (κ2) is 22.9. The van der Waals surface area contributed by atoms with Gasteiger partial charge in [0.2, 0.25) is 0 Å². The fourth-order valence-corrected chi connectivity index (χ4v) is 0.204. The zero-order valence-electron chi connectivity index (χ0n) is 9.49. The van der Waals surface area contributed by atoms with Crippen molar-refractivity contribution < 1.29 is 20.1 Å². The van der Waals surface area contributed by atoms with Gasteiger partial charge in [-0.25, -0.2) is 0 Å². The minimum absolute atomic E-state index is 0.111. The van der Waals surface area contributed by atoms with Crippen LogP contribution in [0.25, 0.3) is 0 Å². The lowest BCUT2D eigenvalue weighted by molar-refractivity contribution is 0.162. The van der Waals surface area contributed by atoms with Crippen molar-refractivity contribution in [2.24, 2.45) is 0 Å². The molecule has 0 aromatic carbocycles. The van der Waals surface area contributed by atoms with Crippen LogP contribution in [0, 0.1) is 0 Å². The SMILES string of the molecule is C=C(C)CO.CCOCC.OCCO. The van der Waals surface area contributed by atoms with Crippen LogP contribution in [0.15, 0.2) is 12.2 Å². The fraction of sp³-hybridized carbons (Fsp3) is 0.800. The maximum atomic E-state index is 8.04. The highest BCUT2D eigenvalue weighted by Crippen LogP contribution is 1.76. The Bertz CT molecular complexity index is 90.1. The molecule has 3 N–H and O–H groups in total. The van der Waals surface area contributed by atoms with E-state index in [9.17, 15) is 0 Å². The predicted molar refractivity (Wildman–Crippen MR) is 58.2 cm³/mol. The van der Waals surface area contributed by atoms with Gasteiger partial charge >= 0.3 is 0 Å². The van der Waals surface area contributed by atoms with Crippen LogP contribution >= 0.6 is 0 Å². The van der Waals surface area contributed by atoms with E-state index < -0.39 is 0 Å². The second-order valence-electron chi connectivity index (χ2n) is 2.34. The van der Waals surface area contributed by atoms with Gasteiger partial charge in [-0.15, -0.1) is 0 Å². The molecule has 0 aliphatic heterocycles. The van der Waals surface area contributed by atoms with Gasteiger partial charge in [0.25, 0.3) is 0 Å². The summed E-state index contributed by atoms with van der Waals surface area (Å²) in [6, 6.07) is 0. The molecule has 0 aromatic heterocycles. The normalized spacial score (nSPS) is 7.86. The molecule has 0 saturated carbocycles. The van der Waals surface area contributed by atoms with Crippen molar-refractivity contribution in [1.82, 2.24) is 0 Å². The Morgan fingerprint density at radius 1 is 1.07 bits per heavy atom. The van der Waals surface area contributed by atoms with E-state index in [1.54, 1.807) is 6.92 Å². The van der Waals surface area contributed by atoms with Crippen LogP contribution < -0.4 is 0 Å². The minimum atomic E-state index is -0.125. The summed E-state index contributed by atoms with van der Waals surface area (Å²) in [5.74, 6) is 0. The molecule has 0 atom stereocenters. The zero-order valence-corrected chi connectivity index (χ0v) is 9.49. The van der Waals surface area contributed by atoms with Crippen molar-refractivity contribution in [2.75, 3.05) is 33.0 Å². The molecule has 0 saturated heterocycles. The molecule has 0 radical (unpaired) electrons. The smallest absolute Gasteiger partial charge is 0.0662 e. The lowest BCUT2D eigenvalue weighted by Crippen LogP contribution is -1.85. The number of hydrogen-bond donors (Lipinski definition) is 3. The summed E-state index contributed by atoms with van der Waals surface area (Å²) in [4.78, 5) is 0. The summed E-state index contributed by atoms with van der Waals surface area (Å²) < 4.78 is 4.83. The van der Waals surface area contributed by atoms with Crippen LogP contribution in [0.4, 0.5) is 0 Å². The van der Waals surface area contributed by atoms with Crippen LogP contribution in [0.2, 0.25) is 0 Å². The minimum Gasteiger partial charge on any atom is -0.394 e. The first-order chi connectivity index (χ1) is 6.60. The number of hydrogen-bond acceptors (Lipinski definition) is 4. The highest BCUT2D eigenvalue weighted by molar-refractivity contribution is 4.85. The van der Waals surface area contributed by atoms with E-state index in [4.69, 9.17) is 20.1 Å². The molecule has 4 heteroatoms. The van der Waals surface area contributed by atoms with Gasteiger partial charge in [-0.2, -0.15) is 0 Å². The van der Waals surface area contributed by atoms with E-state index in [0.29, 0.717) is 0 Å². The molecular weight excluding hydrogens is 184 g/mol. The highest BCUT2D eigenvalue weighted by Gasteiger charge is 1.69. The van der Waals surface area contributed by atoms with Crippen molar-refractivity contribution in [1.29, 1.82) is 0 Å².